The van der Waals surface area contributed by atoms with Crippen LogP contribution in [-0.4, -0.2) is 30.0 Å². The van der Waals surface area contributed by atoms with Crippen LogP contribution in [0.25, 0.3) is 0 Å². The Morgan fingerprint density at radius 3 is 2.16 bits per heavy atom. The van der Waals surface area contributed by atoms with Gasteiger partial charge in [-0.1, -0.05) is 48.5 Å². The van der Waals surface area contributed by atoms with Crippen LogP contribution in [0.1, 0.15) is 37.4 Å². The molecule has 0 unspecified atom stereocenters. The normalized spacial score (nSPS) is 12.0. The van der Waals surface area contributed by atoms with Crippen LogP contribution in [0.3, 0.4) is 0 Å². The molecule has 31 heavy (non-hydrogen) atoms. The van der Waals surface area contributed by atoms with Gasteiger partial charge >= 0.3 is 5.97 Å². The second kappa shape index (κ2) is 8.31. The van der Waals surface area contributed by atoms with Crippen molar-refractivity contribution in [1.82, 2.24) is 0 Å². The number of benzene rings is 3. The van der Waals surface area contributed by atoms with E-state index < -0.39 is 24.3 Å². The highest BCUT2D eigenvalue weighted by Crippen LogP contribution is 2.31. The molecule has 1 N–H and O–H groups in total. The molecule has 0 bridgehead atoms. The highest BCUT2D eigenvalue weighted by atomic mass is 19.1. The van der Waals surface area contributed by atoms with Gasteiger partial charge in [0.1, 0.15) is 5.82 Å². The molecule has 0 aliphatic heterocycles. The highest BCUT2D eigenvalue weighted by molar-refractivity contribution is 6.30. The fraction of sp³-hybridized carbons (Fsp3) is 0.0833. The molecule has 4 rings (SSSR count). The summed E-state index contributed by atoms with van der Waals surface area (Å²) >= 11 is 0. The first kappa shape index (κ1) is 20.2. The summed E-state index contributed by atoms with van der Waals surface area (Å²) in [5.74, 6) is -2.39. The molecular weight excluding hydrogens is 401 g/mol. The van der Waals surface area contributed by atoms with E-state index >= 15 is 0 Å². The van der Waals surface area contributed by atoms with Crippen molar-refractivity contribution in [3.8, 4) is 0 Å². The Hall–Kier alpha value is -4.13. The zero-order valence-corrected chi connectivity index (χ0v) is 16.2. The maximum absolute atomic E-state index is 12.9. The lowest BCUT2D eigenvalue weighted by Crippen LogP contribution is -2.26. The van der Waals surface area contributed by atoms with E-state index in [0.717, 1.165) is 0 Å². The molecule has 0 heterocycles. The summed E-state index contributed by atoms with van der Waals surface area (Å²) in [6.07, 6.45) is -0.113. The average Bonchev–Trinajstić information content (AvgIpc) is 2.77. The van der Waals surface area contributed by atoms with Gasteiger partial charge in [-0.25, -0.2) is 4.39 Å². The number of hydrogen-bond acceptors (Lipinski definition) is 5. The van der Waals surface area contributed by atoms with Crippen LogP contribution in [0.5, 0.6) is 0 Å². The number of anilines is 1. The molecule has 0 fully saturated rings. The first-order chi connectivity index (χ1) is 14.9. The minimum atomic E-state index is -0.656. The Morgan fingerprint density at radius 1 is 0.806 bits per heavy atom. The lowest BCUT2D eigenvalue weighted by atomic mass is 9.83. The molecule has 3 aromatic carbocycles. The van der Waals surface area contributed by atoms with Crippen LogP contribution in [-0.2, 0) is 20.7 Å². The van der Waals surface area contributed by atoms with Gasteiger partial charge in [0.15, 0.2) is 18.2 Å². The van der Waals surface area contributed by atoms with E-state index in [1.807, 2.05) is 0 Å². The number of carbonyl (C=O) groups excluding carboxylic acids is 4. The third-order valence-corrected chi connectivity index (χ3v) is 4.85. The monoisotopic (exact) mass is 417 g/mol. The summed E-state index contributed by atoms with van der Waals surface area (Å²) in [5, 5.41) is 2.54. The first-order valence-corrected chi connectivity index (χ1v) is 9.45. The van der Waals surface area contributed by atoms with Crippen molar-refractivity contribution in [2.24, 2.45) is 0 Å². The van der Waals surface area contributed by atoms with E-state index in [1.54, 1.807) is 30.3 Å². The predicted molar refractivity (Wildman–Crippen MR) is 109 cm³/mol. The lowest BCUT2D eigenvalue weighted by molar-refractivity contribution is -0.146. The Labute approximate surface area is 176 Å². The molecule has 0 saturated heterocycles. The number of amides is 1. The summed E-state index contributed by atoms with van der Waals surface area (Å²) in [4.78, 5) is 49.9. The minimum Gasteiger partial charge on any atom is -0.455 e. The molecule has 0 atom stereocenters. The van der Waals surface area contributed by atoms with Crippen molar-refractivity contribution >= 4 is 29.1 Å². The summed E-state index contributed by atoms with van der Waals surface area (Å²) in [6, 6.07) is 16.5. The Morgan fingerprint density at radius 2 is 1.45 bits per heavy atom. The van der Waals surface area contributed by atoms with E-state index in [-0.39, 0.29) is 40.4 Å². The first-order valence-electron chi connectivity index (χ1n) is 9.45. The predicted octanol–water partition coefficient (Wildman–Crippen LogP) is 3.33. The number of hydrogen-bond donors (Lipinski definition) is 1. The average molecular weight is 417 g/mol. The number of fused-ring (bicyclic) bond motifs is 2. The molecule has 0 spiro atoms. The fourth-order valence-corrected chi connectivity index (χ4v) is 3.40. The van der Waals surface area contributed by atoms with Crippen molar-refractivity contribution < 1.29 is 28.3 Å². The van der Waals surface area contributed by atoms with Crippen LogP contribution in [0.15, 0.2) is 66.7 Å². The zero-order valence-electron chi connectivity index (χ0n) is 16.2. The van der Waals surface area contributed by atoms with Crippen molar-refractivity contribution in [3.63, 3.8) is 0 Å². The van der Waals surface area contributed by atoms with Crippen molar-refractivity contribution in [2.75, 3.05) is 11.9 Å². The molecule has 3 aromatic rings. The molecular formula is C24H16FNO5. The number of carbonyl (C=O) groups is 4. The summed E-state index contributed by atoms with van der Waals surface area (Å²) in [6.45, 7) is -0.567. The molecule has 0 radical (unpaired) electrons. The van der Waals surface area contributed by atoms with E-state index in [4.69, 9.17) is 4.74 Å². The third kappa shape index (κ3) is 4.11. The maximum atomic E-state index is 12.9. The van der Waals surface area contributed by atoms with E-state index in [9.17, 15) is 23.6 Å². The Bertz CT molecular complexity index is 1220. The fourth-order valence-electron chi connectivity index (χ4n) is 3.40. The second-order valence-corrected chi connectivity index (χ2v) is 6.94. The van der Waals surface area contributed by atoms with E-state index in [1.165, 1.54) is 36.4 Å². The summed E-state index contributed by atoms with van der Waals surface area (Å²) < 4.78 is 17.9. The molecule has 7 heteroatoms. The van der Waals surface area contributed by atoms with Gasteiger partial charge in [0, 0.05) is 16.7 Å². The van der Waals surface area contributed by atoms with Gasteiger partial charge in [-0.15, -0.1) is 0 Å². The van der Waals surface area contributed by atoms with Crippen LogP contribution in [0.4, 0.5) is 10.1 Å². The molecule has 0 saturated carbocycles. The van der Waals surface area contributed by atoms with Crippen LogP contribution in [0.2, 0.25) is 0 Å². The molecule has 1 amide bonds. The summed E-state index contributed by atoms with van der Waals surface area (Å²) in [7, 11) is 0. The molecule has 1 aliphatic rings. The van der Waals surface area contributed by atoms with Gasteiger partial charge in [0.25, 0.3) is 5.91 Å². The van der Waals surface area contributed by atoms with Gasteiger partial charge in [-0.05, 0) is 23.8 Å². The highest BCUT2D eigenvalue weighted by Gasteiger charge is 2.31. The summed E-state index contributed by atoms with van der Waals surface area (Å²) in [5.41, 5.74) is 1.62. The number of esters is 1. The lowest BCUT2D eigenvalue weighted by Gasteiger charge is -2.20. The van der Waals surface area contributed by atoms with Gasteiger partial charge in [0.2, 0.25) is 0 Å². The number of rotatable bonds is 5. The zero-order chi connectivity index (χ0) is 22.0. The number of halogens is 1. The molecule has 154 valence electrons. The van der Waals surface area contributed by atoms with Crippen molar-refractivity contribution in [2.45, 2.75) is 6.42 Å². The standard InChI is InChI=1S/C24H16FNO5/c25-15-10-8-14(9-11-15)12-21(28)31-13-20(27)26-19-7-3-6-18-22(19)24(30)17-5-2-1-4-16(17)23(18)29/h1-11H,12-13H2,(H,26,27). The SMILES string of the molecule is O=C(COC(=O)Cc1ccc(F)cc1)Nc1cccc2c1C(=O)c1ccccc1C2=O. The topological polar surface area (TPSA) is 89.5 Å². The van der Waals surface area contributed by atoms with Crippen LogP contribution < -0.4 is 5.32 Å². The third-order valence-electron chi connectivity index (χ3n) is 4.85. The number of nitrogens with one attached hydrogen (secondary N) is 1. The smallest absolute Gasteiger partial charge is 0.310 e. The van der Waals surface area contributed by atoms with Crippen LogP contribution >= 0.6 is 0 Å². The van der Waals surface area contributed by atoms with Crippen LogP contribution in [0, 0.1) is 5.82 Å². The van der Waals surface area contributed by atoms with Gasteiger partial charge < -0.3 is 10.1 Å². The van der Waals surface area contributed by atoms with Crippen molar-refractivity contribution in [3.05, 3.63) is 100 Å². The Kier molecular flexibility index (Phi) is 5.41. The van der Waals surface area contributed by atoms with Gasteiger partial charge in [-0.2, -0.15) is 0 Å². The van der Waals surface area contributed by atoms with Gasteiger partial charge in [-0.3, -0.25) is 19.2 Å². The van der Waals surface area contributed by atoms with E-state index in [0.29, 0.717) is 11.1 Å². The Balaban J connectivity index is 1.45. The van der Waals surface area contributed by atoms with E-state index in [2.05, 4.69) is 5.32 Å². The largest absolute Gasteiger partial charge is 0.455 e. The number of ketones is 2. The molecule has 6 nitrogen and oxygen atoms in total. The van der Waals surface area contributed by atoms with Crippen molar-refractivity contribution in [1.29, 1.82) is 0 Å². The minimum absolute atomic E-state index is 0.109. The quantitative estimate of drug-likeness (QED) is 0.503. The molecule has 0 aromatic heterocycles. The molecule has 1 aliphatic carbocycles. The second-order valence-electron chi connectivity index (χ2n) is 6.94. The number of ether oxygens (including phenoxy) is 1. The maximum Gasteiger partial charge on any atom is 0.310 e. The van der Waals surface area contributed by atoms with Gasteiger partial charge in [0.05, 0.1) is 17.7 Å².